The largest absolute Gasteiger partial charge is 0.274 e. The lowest BCUT2D eigenvalue weighted by molar-refractivity contribution is -0.115. The molecule has 0 radical (unpaired) electrons. The molecule has 0 bridgehead atoms. The fourth-order valence-corrected chi connectivity index (χ4v) is 2.70. The highest BCUT2D eigenvalue weighted by Crippen LogP contribution is 2.29. The summed E-state index contributed by atoms with van der Waals surface area (Å²) >= 11 is 7.15. The lowest BCUT2D eigenvalue weighted by Crippen LogP contribution is -2.22. The predicted molar refractivity (Wildman–Crippen MR) is 75.7 cm³/mol. The lowest BCUT2D eigenvalue weighted by Gasteiger charge is -2.18. The molecule has 1 heterocycles. The van der Waals surface area contributed by atoms with Crippen molar-refractivity contribution in [3.8, 4) is 0 Å². The normalized spacial score (nSPS) is 10.4. The van der Waals surface area contributed by atoms with Crippen LogP contribution in [0.25, 0.3) is 0 Å². The van der Waals surface area contributed by atoms with Gasteiger partial charge in [0.15, 0.2) is 5.13 Å². The molecule has 18 heavy (non-hydrogen) atoms. The first-order valence-corrected chi connectivity index (χ1v) is 6.91. The van der Waals surface area contributed by atoms with E-state index in [0.29, 0.717) is 11.0 Å². The van der Waals surface area contributed by atoms with Gasteiger partial charge in [-0.05, 0) is 19.1 Å². The summed E-state index contributed by atoms with van der Waals surface area (Å²) in [5.41, 5.74) is 2.77. The van der Waals surface area contributed by atoms with Crippen molar-refractivity contribution in [2.24, 2.45) is 0 Å². The van der Waals surface area contributed by atoms with E-state index in [1.54, 1.807) is 4.90 Å². The zero-order valence-electron chi connectivity index (χ0n) is 10.2. The second-order valence-electron chi connectivity index (χ2n) is 3.95. The Balaban J connectivity index is 2.39. The molecule has 2 aromatic rings. The summed E-state index contributed by atoms with van der Waals surface area (Å²) in [6.07, 6.45) is 0. The highest BCUT2D eigenvalue weighted by Gasteiger charge is 2.17. The molecule has 0 aliphatic rings. The molecule has 0 saturated carbocycles. The van der Waals surface area contributed by atoms with E-state index in [9.17, 15) is 4.79 Å². The number of nitrogens with zero attached hydrogens (tertiary/aromatic N) is 2. The van der Waals surface area contributed by atoms with Crippen molar-refractivity contribution < 1.29 is 4.79 Å². The summed E-state index contributed by atoms with van der Waals surface area (Å²) in [5.74, 6) is 0.296. The summed E-state index contributed by atoms with van der Waals surface area (Å²) in [6, 6.07) is 7.78. The van der Waals surface area contributed by atoms with Gasteiger partial charge in [-0.25, -0.2) is 4.98 Å². The number of hydrogen-bond acceptors (Lipinski definition) is 3. The van der Waals surface area contributed by atoms with E-state index in [1.807, 2.05) is 36.6 Å². The molecule has 1 amide bonds. The summed E-state index contributed by atoms with van der Waals surface area (Å²) in [7, 11) is 0. The number of benzene rings is 1. The summed E-state index contributed by atoms with van der Waals surface area (Å²) in [6.45, 7) is 3.54. The average Bonchev–Trinajstić information content (AvgIpc) is 2.80. The highest BCUT2D eigenvalue weighted by molar-refractivity contribution is 7.14. The van der Waals surface area contributed by atoms with Crippen molar-refractivity contribution in [1.82, 2.24) is 4.98 Å². The van der Waals surface area contributed by atoms with Gasteiger partial charge in [0.25, 0.3) is 0 Å². The highest BCUT2D eigenvalue weighted by atomic mass is 35.5. The minimum atomic E-state index is -0.0608. The van der Waals surface area contributed by atoms with Gasteiger partial charge in [-0.2, -0.15) is 0 Å². The Bertz CT molecular complexity index is 550. The summed E-state index contributed by atoms with van der Waals surface area (Å²) in [4.78, 5) is 17.7. The molecule has 0 unspecified atom stereocenters. The molecule has 1 aromatic heterocycles. The quantitative estimate of drug-likeness (QED) is 0.800. The third-order valence-corrected chi connectivity index (χ3v) is 3.62. The maximum atomic E-state index is 11.8. The van der Waals surface area contributed by atoms with E-state index >= 15 is 0 Å². The van der Waals surface area contributed by atoms with Crippen molar-refractivity contribution in [3.05, 3.63) is 40.9 Å². The number of thiazole rings is 1. The molecule has 94 valence electrons. The zero-order valence-corrected chi connectivity index (χ0v) is 11.8. The van der Waals surface area contributed by atoms with Crippen LogP contribution in [0.1, 0.15) is 18.2 Å². The van der Waals surface area contributed by atoms with E-state index in [-0.39, 0.29) is 5.91 Å². The van der Waals surface area contributed by atoms with Crippen LogP contribution in [-0.4, -0.2) is 10.9 Å². The number of rotatable bonds is 3. The fraction of sp³-hybridized carbons (Fsp3) is 0.231. The first-order chi connectivity index (χ1) is 8.61. The van der Waals surface area contributed by atoms with E-state index in [2.05, 4.69) is 4.98 Å². The molecule has 0 spiro atoms. The van der Waals surface area contributed by atoms with Crippen molar-refractivity contribution in [3.63, 3.8) is 0 Å². The second-order valence-corrected chi connectivity index (χ2v) is 5.05. The topological polar surface area (TPSA) is 33.2 Å². The number of amides is 1. The lowest BCUT2D eigenvalue weighted by atomic mass is 10.2. The molecular formula is C13H13ClN2OS. The Morgan fingerprint density at radius 1 is 1.39 bits per heavy atom. The van der Waals surface area contributed by atoms with E-state index in [4.69, 9.17) is 11.6 Å². The van der Waals surface area contributed by atoms with Gasteiger partial charge in [-0.3, -0.25) is 9.69 Å². The van der Waals surface area contributed by atoms with E-state index in [1.165, 1.54) is 18.3 Å². The molecule has 0 atom stereocenters. The van der Waals surface area contributed by atoms with Crippen LogP contribution in [0.15, 0.2) is 29.6 Å². The first kappa shape index (κ1) is 13.1. The molecule has 3 nitrogen and oxygen atoms in total. The molecule has 1 aromatic carbocycles. The molecular weight excluding hydrogens is 268 g/mol. The number of alkyl halides is 1. The molecule has 0 fully saturated rings. The smallest absolute Gasteiger partial charge is 0.230 e. The van der Waals surface area contributed by atoms with Gasteiger partial charge in [0.05, 0.1) is 17.3 Å². The number of aromatic nitrogens is 1. The third-order valence-electron chi connectivity index (χ3n) is 2.47. The molecule has 2 rings (SSSR count). The number of anilines is 2. The third kappa shape index (κ3) is 2.71. The predicted octanol–water partition coefficient (Wildman–Crippen LogP) is 3.87. The van der Waals surface area contributed by atoms with Crippen molar-refractivity contribution in [2.45, 2.75) is 19.7 Å². The molecule has 0 aliphatic heterocycles. The van der Waals surface area contributed by atoms with E-state index < -0.39 is 0 Å². The van der Waals surface area contributed by atoms with Crippen LogP contribution in [0.3, 0.4) is 0 Å². The van der Waals surface area contributed by atoms with Crippen LogP contribution in [0.5, 0.6) is 0 Å². The van der Waals surface area contributed by atoms with Crippen LogP contribution in [-0.2, 0) is 10.7 Å². The Labute approximate surface area is 115 Å². The first-order valence-electron chi connectivity index (χ1n) is 5.49. The number of carbonyl (C=O) groups is 1. The van der Waals surface area contributed by atoms with Crippen LogP contribution in [0.4, 0.5) is 10.8 Å². The SMILES string of the molecule is CC(=O)N(c1ccc(C)cc1)c1nc(CCl)cs1. The minimum absolute atomic E-state index is 0.0608. The number of aryl methyl sites for hydroxylation is 1. The number of halogens is 1. The fourth-order valence-electron chi connectivity index (χ4n) is 1.58. The Morgan fingerprint density at radius 3 is 2.56 bits per heavy atom. The summed E-state index contributed by atoms with van der Waals surface area (Å²) in [5, 5.41) is 2.52. The molecule has 0 N–H and O–H groups in total. The van der Waals surface area contributed by atoms with Gasteiger partial charge in [-0.15, -0.1) is 22.9 Å². The van der Waals surface area contributed by atoms with Gasteiger partial charge in [0.2, 0.25) is 5.91 Å². The summed E-state index contributed by atoms with van der Waals surface area (Å²) < 4.78 is 0. The van der Waals surface area contributed by atoms with Crippen LogP contribution in [0.2, 0.25) is 0 Å². The van der Waals surface area contributed by atoms with Crippen LogP contribution < -0.4 is 4.90 Å². The number of carbonyl (C=O) groups excluding carboxylic acids is 1. The maximum absolute atomic E-state index is 11.8. The van der Waals surface area contributed by atoms with Crippen LogP contribution in [0, 0.1) is 6.92 Å². The van der Waals surface area contributed by atoms with Gasteiger partial charge in [-0.1, -0.05) is 17.7 Å². The second kappa shape index (κ2) is 5.50. The van der Waals surface area contributed by atoms with Crippen molar-refractivity contribution >= 4 is 39.7 Å². The van der Waals surface area contributed by atoms with E-state index in [0.717, 1.165) is 16.9 Å². The van der Waals surface area contributed by atoms with Crippen LogP contribution >= 0.6 is 22.9 Å². The van der Waals surface area contributed by atoms with Gasteiger partial charge in [0, 0.05) is 12.3 Å². The van der Waals surface area contributed by atoms with Crippen molar-refractivity contribution in [1.29, 1.82) is 0 Å². The zero-order chi connectivity index (χ0) is 13.1. The van der Waals surface area contributed by atoms with Gasteiger partial charge >= 0.3 is 0 Å². The van der Waals surface area contributed by atoms with Gasteiger partial charge < -0.3 is 0 Å². The Morgan fingerprint density at radius 2 is 2.06 bits per heavy atom. The Kier molecular flexibility index (Phi) is 3.99. The Hall–Kier alpha value is -1.39. The maximum Gasteiger partial charge on any atom is 0.230 e. The standard InChI is InChI=1S/C13H13ClN2OS/c1-9-3-5-12(6-4-9)16(10(2)17)13-15-11(7-14)8-18-13/h3-6,8H,7H2,1-2H3. The minimum Gasteiger partial charge on any atom is -0.274 e. The average molecular weight is 281 g/mol. The van der Waals surface area contributed by atoms with Gasteiger partial charge in [0.1, 0.15) is 0 Å². The number of hydrogen-bond donors (Lipinski definition) is 0. The van der Waals surface area contributed by atoms with Crippen molar-refractivity contribution in [2.75, 3.05) is 4.90 Å². The molecule has 0 saturated heterocycles. The molecule has 5 heteroatoms. The molecule has 0 aliphatic carbocycles. The monoisotopic (exact) mass is 280 g/mol.